The van der Waals surface area contributed by atoms with Gasteiger partial charge in [-0.15, -0.1) is 0 Å². The van der Waals surface area contributed by atoms with E-state index in [-0.39, 0.29) is 18.1 Å². The van der Waals surface area contributed by atoms with Crippen molar-refractivity contribution in [3.8, 4) is 0 Å². The van der Waals surface area contributed by atoms with Crippen molar-refractivity contribution in [1.82, 2.24) is 5.32 Å². The molecule has 1 rings (SSSR count). The summed E-state index contributed by atoms with van der Waals surface area (Å²) in [5, 5.41) is 6.17. The number of nitrogens with one attached hydrogen (secondary N) is 2. The van der Waals surface area contributed by atoms with Crippen LogP contribution in [0.25, 0.3) is 0 Å². The van der Waals surface area contributed by atoms with Crippen LogP contribution in [0.4, 0.5) is 5.69 Å². The summed E-state index contributed by atoms with van der Waals surface area (Å²) in [6.45, 7) is 9.16. The Balaban J connectivity index is 2.66. The third-order valence-corrected chi connectivity index (χ3v) is 2.62. The molecule has 4 heteroatoms. The lowest BCUT2D eigenvalue weighted by atomic mass is 10.1. The van der Waals surface area contributed by atoms with Crippen LogP contribution in [0.15, 0.2) is 24.3 Å². The topological polar surface area (TPSA) is 50.4 Å². The maximum absolute atomic E-state index is 12.1. The lowest BCUT2D eigenvalue weighted by Crippen LogP contribution is -2.32. The van der Waals surface area contributed by atoms with Crippen LogP contribution in [0.2, 0.25) is 0 Å². The van der Waals surface area contributed by atoms with Crippen LogP contribution in [0.1, 0.15) is 38.1 Å². The molecule has 0 saturated heterocycles. The number of amides is 1. The van der Waals surface area contributed by atoms with Gasteiger partial charge >= 0.3 is 0 Å². The number of hydrogen-bond acceptors (Lipinski definition) is 3. The van der Waals surface area contributed by atoms with Crippen molar-refractivity contribution < 1.29 is 9.53 Å². The minimum absolute atomic E-state index is 0.0270. The first-order valence-electron chi connectivity index (χ1n) is 6.80. The van der Waals surface area contributed by atoms with Gasteiger partial charge in [0.2, 0.25) is 0 Å². The molecule has 1 aromatic carbocycles. The van der Waals surface area contributed by atoms with Gasteiger partial charge in [-0.2, -0.15) is 0 Å². The highest BCUT2D eigenvalue weighted by Crippen LogP contribution is 2.15. The molecule has 106 valence electrons. The Morgan fingerprint density at radius 1 is 1.26 bits per heavy atom. The molecule has 0 fully saturated rings. The van der Waals surface area contributed by atoms with E-state index in [4.69, 9.17) is 4.74 Å². The standard InChI is InChI=1S/C15H24N2O2/c1-5-19-12(4)10-16-15(18)13-8-6-7-9-14(13)17-11(2)3/h6-9,11-12,17H,5,10H2,1-4H3,(H,16,18). The molecule has 0 aliphatic rings. The molecule has 0 bridgehead atoms. The zero-order valence-corrected chi connectivity index (χ0v) is 12.2. The van der Waals surface area contributed by atoms with E-state index < -0.39 is 0 Å². The van der Waals surface area contributed by atoms with Crippen molar-refractivity contribution in [1.29, 1.82) is 0 Å². The Bertz CT molecular complexity index is 405. The van der Waals surface area contributed by atoms with Gasteiger partial charge in [0.05, 0.1) is 11.7 Å². The van der Waals surface area contributed by atoms with Gasteiger partial charge in [0, 0.05) is 24.9 Å². The fourth-order valence-electron chi connectivity index (χ4n) is 1.79. The second kappa shape index (κ2) is 7.79. The molecule has 2 N–H and O–H groups in total. The van der Waals surface area contributed by atoms with Gasteiger partial charge in [0.1, 0.15) is 0 Å². The molecule has 0 saturated carbocycles. The van der Waals surface area contributed by atoms with Gasteiger partial charge in [-0.05, 0) is 39.8 Å². The molecule has 4 nitrogen and oxygen atoms in total. The molecule has 1 aromatic rings. The normalized spacial score (nSPS) is 12.3. The summed E-state index contributed by atoms with van der Waals surface area (Å²) in [5.41, 5.74) is 1.53. The summed E-state index contributed by atoms with van der Waals surface area (Å²) in [7, 11) is 0. The molecule has 1 atom stereocenters. The predicted octanol–water partition coefficient (Wildman–Crippen LogP) is 2.66. The third-order valence-electron chi connectivity index (χ3n) is 2.62. The van der Waals surface area contributed by atoms with E-state index >= 15 is 0 Å². The Morgan fingerprint density at radius 2 is 1.95 bits per heavy atom. The lowest BCUT2D eigenvalue weighted by molar-refractivity contribution is 0.0695. The van der Waals surface area contributed by atoms with Crippen LogP contribution in [0, 0.1) is 0 Å². The number of carbonyl (C=O) groups is 1. The fourth-order valence-corrected chi connectivity index (χ4v) is 1.79. The third kappa shape index (κ3) is 5.30. The summed E-state index contributed by atoms with van der Waals surface area (Å²) < 4.78 is 5.39. The number of benzene rings is 1. The molecule has 0 heterocycles. The molecule has 19 heavy (non-hydrogen) atoms. The minimum Gasteiger partial charge on any atom is -0.382 e. The van der Waals surface area contributed by atoms with E-state index in [1.807, 2.05) is 52.0 Å². The van der Waals surface area contributed by atoms with Crippen molar-refractivity contribution in [3.05, 3.63) is 29.8 Å². The number of rotatable bonds is 7. The molecular weight excluding hydrogens is 240 g/mol. The Kier molecular flexibility index (Phi) is 6.36. The van der Waals surface area contributed by atoms with Gasteiger partial charge in [0.25, 0.3) is 5.91 Å². The second-order valence-electron chi connectivity index (χ2n) is 4.82. The summed E-state index contributed by atoms with van der Waals surface area (Å²) in [5.74, 6) is -0.0738. The Hall–Kier alpha value is -1.55. The Labute approximate surface area is 115 Å². The minimum atomic E-state index is -0.0738. The molecule has 0 radical (unpaired) electrons. The average molecular weight is 264 g/mol. The smallest absolute Gasteiger partial charge is 0.253 e. The number of anilines is 1. The zero-order chi connectivity index (χ0) is 14.3. The Morgan fingerprint density at radius 3 is 2.58 bits per heavy atom. The number of carbonyl (C=O) groups excluding carboxylic acids is 1. The van der Waals surface area contributed by atoms with E-state index in [0.717, 1.165) is 5.69 Å². The van der Waals surface area contributed by atoms with Crippen LogP contribution in [0.5, 0.6) is 0 Å². The SMILES string of the molecule is CCOC(C)CNC(=O)c1ccccc1NC(C)C. The molecule has 0 aliphatic heterocycles. The molecular formula is C15H24N2O2. The fraction of sp³-hybridized carbons (Fsp3) is 0.533. The number of ether oxygens (including phenoxy) is 1. The van der Waals surface area contributed by atoms with Gasteiger partial charge < -0.3 is 15.4 Å². The van der Waals surface area contributed by atoms with Gasteiger partial charge in [-0.1, -0.05) is 12.1 Å². The van der Waals surface area contributed by atoms with Gasteiger partial charge in [0.15, 0.2) is 0 Å². The zero-order valence-electron chi connectivity index (χ0n) is 12.2. The molecule has 1 amide bonds. The van der Waals surface area contributed by atoms with Crippen LogP contribution in [0.3, 0.4) is 0 Å². The predicted molar refractivity (Wildman–Crippen MR) is 78.6 cm³/mol. The molecule has 0 aromatic heterocycles. The monoisotopic (exact) mass is 264 g/mol. The van der Waals surface area contributed by atoms with E-state index in [9.17, 15) is 4.79 Å². The quantitative estimate of drug-likeness (QED) is 0.796. The van der Waals surface area contributed by atoms with Crippen LogP contribution >= 0.6 is 0 Å². The van der Waals surface area contributed by atoms with Crippen LogP contribution < -0.4 is 10.6 Å². The summed E-state index contributed by atoms with van der Waals surface area (Å²) >= 11 is 0. The van der Waals surface area contributed by atoms with E-state index in [2.05, 4.69) is 10.6 Å². The van der Waals surface area contributed by atoms with Crippen LogP contribution in [-0.2, 0) is 4.74 Å². The summed E-state index contributed by atoms with van der Waals surface area (Å²) in [6, 6.07) is 7.82. The van der Waals surface area contributed by atoms with E-state index in [1.165, 1.54) is 0 Å². The number of para-hydroxylation sites is 1. The van der Waals surface area contributed by atoms with Crippen molar-refractivity contribution >= 4 is 11.6 Å². The van der Waals surface area contributed by atoms with Gasteiger partial charge in [-0.25, -0.2) is 0 Å². The van der Waals surface area contributed by atoms with E-state index in [1.54, 1.807) is 0 Å². The molecule has 1 unspecified atom stereocenters. The maximum Gasteiger partial charge on any atom is 0.253 e. The lowest BCUT2D eigenvalue weighted by Gasteiger charge is -2.16. The second-order valence-corrected chi connectivity index (χ2v) is 4.82. The van der Waals surface area contributed by atoms with Gasteiger partial charge in [-0.3, -0.25) is 4.79 Å². The van der Waals surface area contributed by atoms with Crippen LogP contribution in [-0.4, -0.2) is 31.2 Å². The summed E-state index contributed by atoms with van der Waals surface area (Å²) in [4.78, 5) is 12.1. The first-order chi connectivity index (χ1) is 9.04. The highest BCUT2D eigenvalue weighted by Gasteiger charge is 2.12. The highest BCUT2D eigenvalue weighted by molar-refractivity contribution is 5.99. The van der Waals surface area contributed by atoms with Crippen molar-refractivity contribution in [2.24, 2.45) is 0 Å². The maximum atomic E-state index is 12.1. The molecule has 0 aliphatic carbocycles. The molecule has 0 spiro atoms. The van der Waals surface area contributed by atoms with Crippen molar-refractivity contribution in [2.45, 2.75) is 39.8 Å². The average Bonchev–Trinajstić information content (AvgIpc) is 2.36. The first-order valence-corrected chi connectivity index (χ1v) is 6.80. The van der Waals surface area contributed by atoms with E-state index in [0.29, 0.717) is 18.7 Å². The highest BCUT2D eigenvalue weighted by atomic mass is 16.5. The van der Waals surface area contributed by atoms with Crippen molar-refractivity contribution in [2.75, 3.05) is 18.5 Å². The largest absolute Gasteiger partial charge is 0.382 e. The van der Waals surface area contributed by atoms with Crippen molar-refractivity contribution in [3.63, 3.8) is 0 Å². The summed E-state index contributed by atoms with van der Waals surface area (Å²) in [6.07, 6.45) is 0.0270. The number of hydrogen-bond donors (Lipinski definition) is 2. The first kappa shape index (κ1) is 15.5.